The average Bonchev–Trinajstić information content (AvgIpc) is 3.36. The predicted octanol–water partition coefficient (Wildman–Crippen LogP) is 18.9. The van der Waals surface area contributed by atoms with E-state index in [2.05, 4.69) is 205 Å². The number of methoxy groups -OCH3 is 2. The summed E-state index contributed by atoms with van der Waals surface area (Å²) in [6.45, 7) is 36.6. The minimum Gasteiger partial charge on any atom is -0.496 e. The Hall–Kier alpha value is -6.66. The number of benzene rings is 6. The molecular formula is C68H88O6. The molecule has 0 aliphatic carbocycles. The van der Waals surface area contributed by atoms with Gasteiger partial charge in [0.2, 0.25) is 0 Å². The van der Waals surface area contributed by atoms with Gasteiger partial charge in [0, 0.05) is 0 Å². The van der Waals surface area contributed by atoms with Crippen LogP contribution in [0.3, 0.4) is 0 Å². The lowest BCUT2D eigenvalue weighted by molar-refractivity contribution is 0.229. The van der Waals surface area contributed by atoms with Gasteiger partial charge in [-0.2, -0.15) is 0 Å². The maximum Gasteiger partial charge on any atom is 0.161 e. The third-order valence-corrected chi connectivity index (χ3v) is 11.9. The van der Waals surface area contributed by atoms with Gasteiger partial charge in [0.25, 0.3) is 0 Å². The van der Waals surface area contributed by atoms with Crippen molar-refractivity contribution in [2.24, 2.45) is 23.7 Å². The zero-order valence-electron chi connectivity index (χ0n) is 48.3. The quantitative estimate of drug-likeness (QED) is 0.0760. The second-order valence-electron chi connectivity index (χ2n) is 20.9. The smallest absolute Gasteiger partial charge is 0.161 e. The molecule has 0 aliphatic rings. The first-order chi connectivity index (χ1) is 35.3. The third-order valence-electron chi connectivity index (χ3n) is 11.9. The maximum absolute atomic E-state index is 6.10. The van der Waals surface area contributed by atoms with Gasteiger partial charge in [-0.3, -0.25) is 0 Å². The van der Waals surface area contributed by atoms with E-state index in [9.17, 15) is 0 Å². The normalized spacial score (nSPS) is 11.4. The molecule has 6 aromatic carbocycles. The molecule has 0 aromatic heterocycles. The summed E-state index contributed by atoms with van der Waals surface area (Å²) in [4.78, 5) is 0. The van der Waals surface area contributed by atoms with Crippen LogP contribution in [0.4, 0.5) is 0 Å². The van der Waals surface area contributed by atoms with Crippen molar-refractivity contribution >= 4 is 18.2 Å². The molecule has 74 heavy (non-hydrogen) atoms. The number of hydrogen-bond acceptors (Lipinski definition) is 6. The Labute approximate surface area is 447 Å². The Kier molecular flexibility index (Phi) is 24.2. The van der Waals surface area contributed by atoms with Gasteiger partial charge in [-0.15, -0.1) is 0 Å². The van der Waals surface area contributed by atoms with Gasteiger partial charge in [0.05, 0.1) is 40.6 Å². The van der Waals surface area contributed by atoms with Crippen molar-refractivity contribution in [1.29, 1.82) is 0 Å². The Balaban J connectivity index is 0.000000244. The summed E-state index contributed by atoms with van der Waals surface area (Å²) in [7, 11) is 3.43. The number of rotatable bonds is 20. The van der Waals surface area contributed by atoms with Crippen molar-refractivity contribution in [3.63, 3.8) is 0 Å². The molecule has 0 radical (unpaired) electrons. The Morgan fingerprint density at radius 3 is 1.12 bits per heavy atom. The van der Waals surface area contributed by atoms with Crippen LogP contribution in [0.25, 0.3) is 51.6 Å². The van der Waals surface area contributed by atoms with E-state index >= 15 is 0 Å². The summed E-state index contributed by atoms with van der Waals surface area (Å²) in [5, 5.41) is 0. The second-order valence-corrected chi connectivity index (χ2v) is 20.9. The van der Waals surface area contributed by atoms with Crippen LogP contribution in [0, 0.1) is 58.3 Å². The molecule has 0 unspecified atom stereocenters. The van der Waals surface area contributed by atoms with Crippen molar-refractivity contribution in [1.82, 2.24) is 0 Å². The van der Waals surface area contributed by atoms with Crippen molar-refractivity contribution < 1.29 is 28.4 Å². The van der Waals surface area contributed by atoms with E-state index in [1.54, 1.807) is 14.2 Å². The molecule has 0 spiro atoms. The first-order valence-corrected chi connectivity index (χ1v) is 26.6. The van der Waals surface area contributed by atoms with Gasteiger partial charge >= 0.3 is 0 Å². The highest BCUT2D eigenvalue weighted by Crippen LogP contribution is 2.39. The van der Waals surface area contributed by atoms with Crippen LogP contribution in [0.15, 0.2) is 115 Å². The lowest BCUT2D eigenvalue weighted by Crippen LogP contribution is -2.09. The molecule has 0 fully saturated rings. The van der Waals surface area contributed by atoms with E-state index in [1.165, 1.54) is 44.5 Å². The summed E-state index contributed by atoms with van der Waals surface area (Å²) in [5.74, 6) is 6.93. The van der Waals surface area contributed by atoms with E-state index in [0.717, 1.165) is 67.9 Å². The Morgan fingerprint density at radius 1 is 0.338 bits per heavy atom. The third kappa shape index (κ3) is 18.1. The van der Waals surface area contributed by atoms with Crippen LogP contribution < -0.4 is 28.4 Å². The van der Waals surface area contributed by atoms with E-state index in [1.807, 2.05) is 39.0 Å². The molecule has 6 rings (SSSR count). The van der Waals surface area contributed by atoms with Gasteiger partial charge < -0.3 is 28.4 Å². The minimum atomic E-state index is 0.448. The second kappa shape index (κ2) is 29.9. The van der Waals surface area contributed by atoms with Crippen molar-refractivity contribution in [3.8, 4) is 67.9 Å². The molecular weight excluding hydrogens is 913 g/mol. The molecule has 0 heterocycles. The zero-order valence-corrected chi connectivity index (χ0v) is 48.3. The average molecular weight is 1000 g/mol. The standard InChI is InChI=1S/C25H34O3.C24H32O2.C19H22O/c1-8-9-20-13-24(26-7)19(6)12-22(20)21-10-11-23(27-15-17(2)3)25(14-21)28-16-18(4)5;1-7-8-20-10-9-19(6)13-22(20)21-11-12-23(25-15-17(2)3)24(14-21)26-16-18(4)5;1-6-7-16-12-19(20-5)15(4)11-18(16)17-10-13(2)8-9-14(17)3/h8-14,17-18H,15-16H2,1-7H3;7-14,17-18H,15-16H2,1-6H3;6-12H,1-5H3/b9-8+;8-7+;7-6+. The topological polar surface area (TPSA) is 55.4 Å². The highest BCUT2D eigenvalue weighted by atomic mass is 16.5. The molecule has 0 saturated carbocycles. The molecule has 6 aromatic rings. The molecule has 0 saturated heterocycles. The number of allylic oxidation sites excluding steroid dienone is 3. The lowest BCUT2D eigenvalue weighted by Gasteiger charge is -2.18. The van der Waals surface area contributed by atoms with E-state index in [-0.39, 0.29) is 0 Å². The van der Waals surface area contributed by atoms with Crippen LogP contribution in [0.1, 0.15) is 121 Å². The first-order valence-electron chi connectivity index (χ1n) is 26.6. The monoisotopic (exact) mass is 1000 g/mol. The summed E-state index contributed by atoms with van der Waals surface area (Å²) in [5.41, 5.74) is 16.8. The zero-order chi connectivity index (χ0) is 54.5. The van der Waals surface area contributed by atoms with E-state index in [4.69, 9.17) is 28.4 Å². The van der Waals surface area contributed by atoms with Gasteiger partial charge in [0.1, 0.15) is 11.5 Å². The number of ether oxygens (including phenoxy) is 6. The fourth-order valence-electron chi connectivity index (χ4n) is 8.08. The van der Waals surface area contributed by atoms with E-state index < -0.39 is 0 Å². The summed E-state index contributed by atoms with van der Waals surface area (Å²) in [6, 6.07) is 34.2. The van der Waals surface area contributed by atoms with Gasteiger partial charge in [-0.1, -0.05) is 152 Å². The molecule has 6 heteroatoms. The van der Waals surface area contributed by atoms with Crippen molar-refractivity contribution in [2.45, 2.75) is 111 Å². The van der Waals surface area contributed by atoms with E-state index in [0.29, 0.717) is 50.1 Å². The molecule has 0 N–H and O–H groups in total. The summed E-state index contributed by atoms with van der Waals surface area (Å²) in [6.07, 6.45) is 12.6. The van der Waals surface area contributed by atoms with Gasteiger partial charge in [-0.25, -0.2) is 0 Å². The van der Waals surface area contributed by atoms with Crippen LogP contribution in [-0.4, -0.2) is 40.6 Å². The van der Waals surface area contributed by atoms with Crippen molar-refractivity contribution in [3.05, 3.63) is 160 Å². The fourth-order valence-corrected chi connectivity index (χ4v) is 8.08. The molecule has 0 bridgehead atoms. The first kappa shape index (κ1) is 59.9. The summed E-state index contributed by atoms with van der Waals surface area (Å²) >= 11 is 0. The Morgan fingerprint density at radius 2 is 0.703 bits per heavy atom. The summed E-state index contributed by atoms with van der Waals surface area (Å²) < 4.78 is 35.1. The number of hydrogen-bond donors (Lipinski definition) is 0. The molecule has 0 amide bonds. The van der Waals surface area contributed by atoms with Crippen LogP contribution in [0.5, 0.6) is 34.5 Å². The highest BCUT2D eigenvalue weighted by molar-refractivity contribution is 5.81. The lowest BCUT2D eigenvalue weighted by atomic mass is 9.92. The van der Waals surface area contributed by atoms with Crippen LogP contribution in [0.2, 0.25) is 0 Å². The minimum absolute atomic E-state index is 0.448. The SMILES string of the molecule is C/C=C/c1cc(OC)c(C)cc1-c1cc(C)ccc1C.C/C=C/c1cc(OC)c(C)cc1-c1ccc(OCC(C)C)c(OCC(C)C)c1.C/C=C/c1ccc(C)cc1-c1ccc(OCC(C)C)c(OCC(C)C)c1. The molecule has 6 nitrogen and oxygen atoms in total. The largest absolute Gasteiger partial charge is 0.496 e. The van der Waals surface area contributed by atoms with Crippen LogP contribution in [-0.2, 0) is 0 Å². The molecule has 396 valence electrons. The highest BCUT2D eigenvalue weighted by Gasteiger charge is 2.16. The van der Waals surface area contributed by atoms with Gasteiger partial charge in [0.15, 0.2) is 23.0 Å². The number of aryl methyl sites for hydroxylation is 5. The fraction of sp³-hybridized carbons (Fsp3) is 0.382. The Bertz CT molecular complexity index is 2800. The van der Waals surface area contributed by atoms with Gasteiger partial charge in [-0.05, 0) is 194 Å². The molecule has 0 atom stereocenters. The predicted molar refractivity (Wildman–Crippen MR) is 318 cm³/mol. The van der Waals surface area contributed by atoms with Crippen molar-refractivity contribution in [2.75, 3.05) is 40.6 Å². The maximum atomic E-state index is 6.10. The van der Waals surface area contributed by atoms with Crippen LogP contribution >= 0.6 is 0 Å². The molecule has 0 aliphatic heterocycles.